The highest BCUT2D eigenvalue weighted by Crippen LogP contribution is 2.33. The first kappa shape index (κ1) is 16.7. The molecule has 3 rings (SSSR count). The molecule has 0 aliphatic carbocycles. The highest BCUT2D eigenvalue weighted by molar-refractivity contribution is 6.42. The summed E-state index contributed by atoms with van der Waals surface area (Å²) in [4.78, 5) is 2.41. The van der Waals surface area contributed by atoms with E-state index in [2.05, 4.69) is 10.2 Å². The van der Waals surface area contributed by atoms with Crippen molar-refractivity contribution in [3.8, 4) is 0 Å². The Morgan fingerprint density at radius 1 is 0.913 bits per heavy atom. The number of halogens is 3. The lowest BCUT2D eigenvalue weighted by Crippen LogP contribution is -2.33. The van der Waals surface area contributed by atoms with Gasteiger partial charge in [-0.15, -0.1) is 0 Å². The maximum absolute atomic E-state index is 13.3. The van der Waals surface area contributed by atoms with E-state index in [9.17, 15) is 4.39 Å². The fourth-order valence-corrected chi connectivity index (χ4v) is 3.37. The van der Waals surface area contributed by atoms with E-state index in [4.69, 9.17) is 23.2 Å². The van der Waals surface area contributed by atoms with Crippen molar-refractivity contribution < 1.29 is 4.39 Å². The Morgan fingerprint density at radius 3 is 2.39 bits per heavy atom. The molecule has 2 aromatic carbocycles. The molecule has 0 radical (unpaired) electrons. The largest absolute Gasteiger partial charge is 0.315 e. The average molecular weight is 353 g/mol. The molecular weight excluding hydrogens is 334 g/mol. The molecule has 1 aliphatic rings. The Morgan fingerprint density at radius 2 is 1.65 bits per heavy atom. The summed E-state index contributed by atoms with van der Waals surface area (Å²) >= 11 is 12.3. The van der Waals surface area contributed by atoms with E-state index in [0.29, 0.717) is 10.0 Å². The number of benzene rings is 2. The van der Waals surface area contributed by atoms with Crippen molar-refractivity contribution in [1.82, 2.24) is 10.2 Å². The smallest absolute Gasteiger partial charge is 0.123 e. The van der Waals surface area contributed by atoms with Gasteiger partial charge in [0.2, 0.25) is 0 Å². The normalized spacial score (nSPS) is 17.7. The van der Waals surface area contributed by atoms with Crippen molar-refractivity contribution in [3.63, 3.8) is 0 Å². The molecule has 1 atom stereocenters. The van der Waals surface area contributed by atoms with Crippen LogP contribution in [0.5, 0.6) is 0 Å². The summed E-state index contributed by atoms with van der Waals surface area (Å²) in [6.45, 7) is 3.88. The third-order valence-electron chi connectivity index (χ3n) is 4.18. The SMILES string of the molecule is Fc1ccc(C(c2ccc(Cl)c(Cl)c2)N2CCCNCC2)cc1. The van der Waals surface area contributed by atoms with Crippen molar-refractivity contribution in [2.45, 2.75) is 12.5 Å². The standard InChI is InChI=1S/C18H19Cl2FN2/c19-16-7-4-14(12-17(16)20)18(13-2-5-15(21)6-3-13)23-10-1-8-22-9-11-23/h2-7,12,18,22H,1,8-11H2. The van der Waals surface area contributed by atoms with Crippen LogP contribution in [0.3, 0.4) is 0 Å². The van der Waals surface area contributed by atoms with Gasteiger partial charge in [-0.25, -0.2) is 4.39 Å². The number of nitrogens with zero attached hydrogens (tertiary/aromatic N) is 1. The lowest BCUT2D eigenvalue weighted by Gasteiger charge is -2.31. The average Bonchev–Trinajstić information content (AvgIpc) is 2.82. The number of rotatable bonds is 3. The van der Waals surface area contributed by atoms with Gasteiger partial charge in [0, 0.05) is 19.6 Å². The first-order chi connectivity index (χ1) is 11.1. The minimum atomic E-state index is -0.223. The van der Waals surface area contributed by atoms with Crippen LogP contribution in [0, 0.1) is 5.82 Å². The predicted molar refractivity (Wildman–Crippen MR) is 93.8 cm³/mol. The minimum absolute atomic E-state index is 0.0465. The van der Waals surface area contributed by atoms with Crippen LogP contribution in [0.1, 0.15) is 23.6 Å². The first-order valence-electron chi connectivity index (χ1n) is 7.80. The van der Waals surface area contributed by atoms with Crippen LogP contribution < -0.4 is 5.32 Å². The van der Waals surface area contributed by atoms with Gasteiger partial charge in [-0.05, 0) is 48.4 Å². The van der Waals surface area contributed by atoms with Crippen LogP contribution in [-0.2, 0) is 0 Å². The van der Waals surface area contributed by atoms with Crippen molar-refractivity contribution in [1.29, 1.82) is 0 Å². The van der Waals surface area contributed by atoms with E-state index in [1.165, 1.54) is 12.1 Å². The van der Waals surface area contributed by atoms with Crippen LogP contribution in [0.2, 0.25) is 10.0 Å². The molecule has 1 unspecified atom stereocenters. The highest BCUT2D eigenvalue weighted by Gasteiger charge is 2.23. The van der Waals surface area contributed by atoms with Gasteiger partial charge in [0.05, 0.1) is 16.1 Å². The van der Waals surface area contributed by atoms with Crippen molar-refractivity contribution in [3.05, 3.63) is 69.5 Å². The molecule has 0 saturated carbocycles. The summed E-state index contributed by atoms with van der Waals surface area (Å²) in [7, 11) is 0. The zero-order valence-electron chi connectivity index (χ0n) is 12.7. The molecule has 2 nitrogen and oxygen atoms in total. The molecule has 2 aromatic rings. The molecule has 1 aliphatic heterocycles. The van der Waals surface area contributed by atoms with Gasteiger partial charge in [0.1, 0.15) is 5.82 Å². The van der Waals surface area contributed by atoms with Gasteiger partial charge >= 0.3 is 0 Å². The van der Waals surface area contributed by atoms with Crippen LogP contribution in [0.15, 0.2) is 42.5 Å². The predicted octanol–water partition coefficient (Wildman–Crippen LogP) is 4.52. The summed E-state index contributed by atoms with van der Waals surface area (Å²) in [6.07, 6.45) is 1.08. The molecule has 0 spiro atoms. The van der Waals surface area contributed by atoms with Gasteiger partial charge in [-0.1, -0.05) is 41.4 Å². The Hall–Kier alpha value is -1.13. The molecule has 1 fully saturated rings. The lowest BCUT2D eigenvalue weighted by molar-refractivity contribution is 0.241. The molecule has 23 heavy (non-hydrogen) atoms. The van der Waals surface area contributed by atoms with Crippen molar-refractivity contribution in [2.24, 2.45) is 0 Å². The second kappa shape index (κ2) is 7.63. The molecule has 1 N–H and O–H groups in total. The van der Waals surface area contributed by atoms with E-state index >= 15 is 0 Å². The summed E-state index contributed by atoms with van der Waals surface area (Å²) < 4.78 is 13.3. The number of hydrogen-bond acceptors (Lipinski definition) is 2. The van der Waals surface area contributed by atoms with Gasteiger partial charge < -0.3 is 5.32 Å². The molecular formula is C18H19Cl2FN2. The Bertz CT molecular complexity index is 653. The highest BCUT2D eigenvalue weighted by atomic mass is 35.5. The molecule has 5 heteroatoms. The fourth-order valence-electron chi connectivity index (χ4n) is 3.07. The van der Waals surface area contributed by atoms with Crippen LogP contribution >= 0.6 is 23.2 Å². The van der Waals surface area contributed by atoms with Gasteiger partial charge in [-0.3, -0.25) is 4.90 Å². The fraction of sp³-hybridized carbons (Fsp3) is 0.333. The Balaban J connectivity index is 2.00. The zero-order chi connectivity index (χ0) is 16.2. The Labute approximate surface area is 146 Å². The zero-order valence-corrected chi connectivity index (χ0v) is 14.2. The molecule has 1 heterocycles. The minimum Gasteiger partial charge on any atom is -0.315 e. The number of nitrogens with one attached hydrogen (secondary N) is 1. The first-order valence-corrected chi connectivity index (χ1v) is 8.56. The van der Waals surface area contributed by atoms with Crippen LogP contribution in [-0.4, -0.2) is 31.1 Å². The summed E-state index contributed by atoms with van der Waals surface area (Å²) in [5, 5.41) is 4.51. The maximum Gasteiger partial charge on any atom is 0.123 e. The third-order valence-corrected chi connectivity index (χ3v) is 4.92. The maximum atomic E-state index is 13.3. The monoisotopic (exact) mass is 352 g/mol. The van der Waals surface area contributed by atoms with E-state index in [-0.39, 0.29) is 11.9 Å². The molecule has 0 bridgehead atoms. The molecule has 122 valence electrons. The second-order valence-electron chi connectivity index (χ2n) is 5.77. The van der Waals surface area contributed by atoms with Gasteiger partial charge in [-0.2, -0.15) is 0 Å². The molecule has 0 aromatic heterocycles. The summed E-state index contributed by atoms with van der Waals surface area (Å²) in [5.41, 5.74) is 2.14. The van der Waals surface area contributed by atoms with Crippen molar-refractivity contribution >= 4 is 23.2 Å². The summed E-state index contributed by atoms with van der Waals surface area (Å²) in [6, 6.07) is 12.5. The molecule has 1 saturated heterocycles. The number of hydrogen-bond donors (Lipinski definition) is 1. The van der Waals surface area contributed by atoms with Crippen LogP contribution in [0.25, 0.3) is 0 Å². The molecule has 0 amide bonds. The quantitative estimate of drug-likeness (QED) is 0.873. The topological polar surface area (TPSA) is 15.3 Å². The Kier molecular flexibility index (Phi) is 5.54. The van der Waals surface area contributed by atoms with E-state index < -0.39 is 0 Å². The lowest BCUT2D eigenvalue weighted by atomic mass is 9.96. The summed E-state index contributed by atoms with van der Waals surface area (Å²) in [5.74, 6) is -0.223. The van der Waals surface area contributed by atoms with Crippen molar-refractivity contribution in [2.75, 3.05) is 26.2 Å². The van der Waals surface area contributed by atoms with Gasteiger partial charge in [0.25, 0.3) is 0 Å². The van der Waals surface area contributed by atoms with E-state index in [1.54, 1.807) is 0 Å². The third kappa shape index (κ3) is 4.04. The van der Waals surface area contributed by atoms with E-state index in [1.807, 2.05) is 30.3 Å². The van der Waals surface area contributed by atoms with Gasteiger partial charge in [0.15, 0.2) is 0 Å². The van der Waals surface area contributed by atoms with Crippen LogP contribution in [0.4, 0.5) is 4.39 Å². The van der Waals surface area contributed by atoms with E-state index in [0.717, 1.165) is 43.7 Å². The second-order valence-corrected chi connectivity index (χ2v) is 6.58.